The molecule has 0 saturated carbocycles. The summed E-state index contributed by atoms with van der Waals surface area (Å²) in [5.41, 5.74) is 9.52. The molecule has 5 aromatic rings. The minimum atomic E-state index is -0.314. The number of aromatic nitrogens is 2. The Bertz CT molecular complexity index is 1860. The fourth-order valence-corrected chi connectivity index (χ4v) is 6.95. The molecule has 0 bridgehead atoms. The molecule has 5 heteroatoms. The smallest absolute Gasteiger partial charge is 0.127 e. The first-order valence-corrected chi connectivity index (χ1v) is 17.2. The van der Waals surface area contributed by atoms with Crippen LogP contribution in [0.4, 0.5) is 4.39 Å². The Balaban J connectivity index is 1.11. The van der Waals surface area contributed by atoms with Crippen molar-refractivity contribution in [2.45, 2.75) is 77.3 Å². The van der Waals surface area contributed by atoms with Crippen molar-refractivity contribution in [2.75, 3.05) is 13.1 Å². The van der Waals surface area contributed by atoms with Crippen LogP contribution in [-0.4, -0.2) is 27.5 Å². The third-order valence-electron chi connectivity index (χ3n) is 9.70. The molecule has 0 spiro atoms. The molecule has 0 unspecified atom stereocenters. The molecule has 0 amide bonds. The van der Waals surface area contributed by atoms with Crippen LogP contribution in [0.3, 0.4) is 0 Å². The molecule has 6 rings (SSSR count). The SMILES string of the molecule is C=C(Cc1ccccc1)c1ccc2cc(CN3CCC(c4cccc(CCc5ccc(C#N)cc5F)n4)CC3)n(CCCCC)c2c1. The number of piperidine rings is 1. The molecule has 0 aliphatic carbocycles. The van der Waals surface area contributed by atoms with Crippen LogP contribution >= 0.6 is 0 Å². The predicted octanol–water partition coefficient (Wildman–Crippen LogP) is 9.66. The quantitative estimate of drug-likeness (QED) is 0.123. The van der Waals surface area contributed by atoms with Crippen molar-refractivity contribution >= 4 is 16.5 Å². The highest BCUT2D eigenvalue weighted by atomic mass is 19.1. The molecule has 47 heavy (non-hydrogen) atoms. The van der Waals surface area contributed by atoms with Crippen molar-refractivity contribution < 1.29 is 4.39 Å². The third-order valence-corrected chi connectivity index (χ3v) is 9.70. The maximum atomic E-state index is 14.4. The lowest BCUT2D eigenvalue weighted by Crippen LogP contribution is -2.33. The normalized spacial score (nSPS) is 14.0. The van der Waals surface area contributed by atoms with Crippen LogP contribution < -0.4 is 0 Å². The van der Waals surface area contributed by atoms with Crippen LogP contribution in [0.2, 0.25) is 0 Å². The van der Waals surface area contributed by atoms with E-state index >= 15 is 0 Å². The molecule has 0 atom stereocenters. The summed E-state index contributed by atoms with van der Waals surface area (Å²) in [6.45, 7) is 10.8. The monoisotopic (exact) mass is 624 g/mol. The van der Waals surface area contributed by atoms with E-state index in [0.717, 1.165) is 62.4 Å². The van der Waals surface area contributed by atoms with Gasteiger partial charge < -0.3 is 4.57 Å². The number of nitrogens with zero attached hydrogens (tertiary/aromatic N) is 4. The molecular weight excluding hydrogens is 579 g/mol. The number of benzene rings is 3. The topological polar surface area (TPSA) is 44.9 Å². The lowest BCUT2D eigenvalue weighted by Gasteiger charge is -2.32. The Morgan fingerprint density at radius 2 is 1.77 bits per heavy atom. The zero-order chi connectivity index (χ0) is 32.6. The van der Waals surface area contributed by atoms with Crippen molar-refractivity contribution in [3.05, 3.63) is 143 Å². The number of nitriles is 1. The second-order valence-electron chi connectivity index (χ2n) is 13.1. The predicted molar refractivity (Wildman–Crippen MR) is 191 cm³/mol. The van der Waals surface area contributed by atoms with E-state index in [-0.39, 0.29) is 5.82 Å². The fraction of sp³-hybridized carbons (Fsp3) is 0.333. The molecule has 1 aliphatic heterocycles. The van der Waals surface area contributed by atoms with E-state index in [2.05, 4.69) is 89.7 Å². The number of fused-ring (bicyclic) bond motifs is 1. The van der Waals surface area contributed by atoms with Gasteiger partial charge in [-0.25, -0.2) is 4.39 Å². The zero-order valence-electron chi connectivity index (χ0n) is 27.6. The summed E-state index contributed by atoms with van der Waals surface area (Å²) in [6.07, 6.45) is 7.91. The molecule has 1 saturated heterocycles. The Hall–Kier alpha value is -4.53. The van der Waals surface area contributed by atoms with Crippen LogP contribution in [0.15, 0.2) is 97.6 Å². The standard InChI is InChI=1S/C42H45FN4/c1-3-4-8-22-47-39(27-37-17-16-36(28-42(37)47)31(2)25-32-10-6-5-7-11-32)30-46-23-20-35(21-24-46)41-13-9-12-38(45-41)19-18-34-15-14-33(29-44)26-40(34)43/h5-7,9-17,26-28,35H,2-4,8,18-25,30H2,1H3. The van der Waals surface area contributed by atoms with Gasteiger partial charge in [0.25, 0.3) is 0 Å². The van der Waals surface area contributed by atoms with Crippen LogP contribution in [0, 0.1) is 17.1 Å². The maximum Gasteiger partial charge on any atom is 0.127 e. The van der Waals surface area contributed by atoms with E-state index in [1.807, 2.05) is 12.1 Å². The van der Waals surface area contributed by atoms with Crippen molar-refractivity contribution in [1.29, 1.82) is 5.26 Å². The highest BCUT2D eigenvalue weighted by molar-refractivity contribution is 5.85. The van der Waals surface area contributed by atoms with Gasteiger partial charge in [-0.2, -0.15) is 5.26 Å². The first-order valence-electron chi connectivity index (χ1n) is 17.2. The van der Waals surface area contributed by atoms with E-state index < -0.39 is 0 Å². The summed E-state index contributed by atoms with van der Waals surface area (Å²) < 4.78 is 17.0. The molecule has 0 N–H and O–H groups in total. The third kappa shape index (κ3) is 8.07. The number of hydrogen-bond acceptors (Lipinski definition) is 3. The lowest BCUT2D eigenvalue weighted by molar-refractivity contribution is 0.199. The van der Waals surface area contributed by atoms with E-state index in [0.29, 0.717) is 29.9 Å². The van der Waals surface area contributed by atoms with E-state index in [1.165, 1.54) is 53.1 Å². The van der Waals surface area contributed by atoms with Crippen LogP contribution in [0.25, 0.3) is 16.5 Å². The summed E-state index contributed by atoms with van der Waals surface area (Å²) in [5, 5.41) is 10.3. The molecule has 240 valence electrons. The zero-order valence-corrected chi connectivity index (χ0v) is 27.6. The molecule has 1 fully saturated rings. The highest BCUT2D eigenvalue weighted by Gasteiger charge is 2.23. The van der Waals surface area contributed by atoms with Gasteiger partial charge in [0.05, 0.1) is 11.6 Å². The largest absolute Gasteiger partial charge is 0.343 e. The van der Waals surface area contributed by atoms with Crippen molar-refractivity contribution in [3.8, 4) is 6.07 Å². The first-order chi connectivity index (χ1) is 23.0. The van der Waals surface area contributed by atoms with E-state index in [9.17, 15) is 4.39 Å². The van der Waals surface area contributed by atoms with Gasteiger partial charge in [0, 0.05) is 41.6 Å². The molecule has 2 aromatic heterocycles. The Morgan fingerprint density at radius 3 is 2.53 bits per heavy atom. The van der Waals surface area contributed by atoms with Crippen LogP contribution in [-0.2, 0) is 32.4 Å². The molecule has 1 aliphatic rings. The van der Waals surface area contributed by atoms with E-state index in [1.54, 1.807) is 12.1 Å². The molecule has 4 nitrogen and oxygen atoms in total. The lowest BCUT2D eigenvalue weighted by atomic mass is 9.92. The van der Waals surface area contributed by atoms with Gasteiger partial charge >= 0.3 is 0 Å². The van der Waals surface area contributed by atoms with Crippen molar-refractivity contribution in [3.63, 3.8) is 0 Å². The minimum absolute atomic E-state index is 0.314. The van der Waals surface area contributed by atoms with Gasteiger partial charge in [-0.15, -0.1) is 0 Å². The molecule has 3 heterocycles. The summed E-state index contributed by atoms with van der Waals surface area (Å²) in [5.74, 6) is 0.123. The molecule has 3 aromatic carbocycles. The summed E-state index contributed by atoms with van der Waals surface area (Å²) >= 11 is 0. The number of pyridine rings is 1. The van der Waals surface area contributed by atoms with Gasteiger partial charge in [-0.1, -0.05) is 80.9 Å². The Morgan fingerprint density at radius 1 is 0.936 bits per heavy atom. The second-order valence-corrected chi connectivity index (χ2v) is 13.1. The summed E-state index contributed by atoms with van der Waals surface area (Å²) in [6, 6.07) is 32.9. The first kappa shape index (κ1) is 32.4. The Kier molecular flexibility index (Phi) is 10.6. The van der Waals surface area contributed by atoms with Gasteiger partial charge in [-0.05, 0) is 116 Å². The number of rotatable bonds is 13. The molecular formula is C42H45FN4. The second kappa shape index (κ2) is 15.4. The minimum Gasteiger partial charge on any atom is -0.343 e. The van der Waals surface area contributed by atoms with Gasteiger partial charge in [0.2, 0.25) is 0 Å². The van der Waals surface area contributed by atoms with Gasteiger partial charge in [0.15, 0.2) is 0 Å². The van der Waals surface area contributed by atoms with Crippen LogP contribution in [0.1, 0.15) is 84.3 Å². The van der Waals surface area contributed by atoms with Crippen molar-refractivity contribution in [1.82, 2.24) is 14.5 Å². The van der Waals surface area contributed by atoms with Gasteiger partial charge in [-0.3, -0.25) is 9.88 Å². The number of allylic oxidation sites excluding steroid dienone is 1. The fourth-order valence-electron chi connectivity index (χ4n) is 6.95. The number of aryl methyl sites for hydroxylation is 3. The van der Waals surface area contributed by atoms with Crippen molar-refractivity contribution in [2.24, 2.45) is 0 Å². The summed E-state index contributed by atoms with van der Waals surface area (Å²) in [4.78, 5) is 7.62. The van der Waals surface area contributed by atoms with E-state index in [4.69, 9.17) is 10.2 Å². The number of halogens is 1. The van der Waals surface area contributed by atoms with Crippen LogP contribution in [0.5, 0.6) is 0 Å². The number of unbranched alkanes of at least 4 members (excludes halogenated alkanes) is 2. The average Bonchev–Trinajstić information content (AvgIpc) is 3.44. The summed E-state index contributed by atoms with van der Waals surface area (Å²) in [7, 11) is 0. The average molecular weight is 625 g/mol. The van der Waals surface area contributed by atoms with Gasteiger partial charge in [0.1, 0.15) is 5.82 Å². The number of hydrogen-bond donors (Lipinski definition) is 0. The highest BCUT2D eigenvalue weighted by Crippen LogP contribution is 2.31. The number of likely N-dealkylation sites (tertiary alicyclic amines) is 1. The molecule has 0 radical (unpaired) electrons. The Labute approximate surface area is 279 Å². The maximum absolute atomic E-state index is 14.4.